The second kappa shape index (κ2) is 10.8. The summed E-state index contributed by atoms with van der Waals surface area (Å²) in [5, 5.41) is 13.2. The molecule has 8 heteroatoms. The maximum Gasteiger partial charge on any atom is 0.251 e. The van der Waals surface area contributed by atoms with Crippen LogP contribution in [0, 0.1) is 13.8 Å². The summed E-state index contributed by atoms with van der Waals surface area (Å²) in [5.41, 5.74) is 4.57. The van der Waals surface area contributed by atoms with Crippen LogP contribution in [0.3, 0.4) is 0 Å². The topological polar surface area (TPSA) is 69.0 Å². The monoisotopic (exact) mass is 492 g/mol. The maximum atomic E-state index is 12.8. The van der Waals surface area contributed by atoms with Crippen molar-refractivity contribution in [2.45, 2.75) is 31.3 Å². The predicted molar refractivity (Wildman–Crippen MR) is 136 cm³/mol. The molecular weight excluding hydrogens is 468 g/mol. The minimum atomic E-state index is -0.152. The van der Waals surface area contributed by atoms with Crippen molar-refractivity contribution in [1.82, 2.24) is 20.1 Å². The molecule has 1 N–H and O–H groups in total. The molecule has 1 heterocycles. The summed E-state index contributed by atoms with van der Waals surface area (Å²) in [5.74, 6) is 1.97. The number of rotatable bonds is 8. The standard InChI is InChI=1S/C26H25ClN4O2S/c1-17-7-4-5-10-22(17)25(32)28-15-24-29-30-26(31(24)23-14-20(27)12-11-18(23)2)34-16-19-8-6-9-21(13-19)33-3/h4-14H,15-16H2,1-3H3,(H,28,32). The Labute approximate surface area is 208 Å². The van der Waals surface area contributed by atoms with E-state index in [4.69, 9.17) is 16.3 Å². The van der Waals surface area contributed by atoms with Crippen molar-refractivity contribution in [3.05, 3.63) is 99.8 Å². The van der Waals surface area contributed by atoms with E-state index in [0.717, 1.165) is 28.1 Å². The highest BCUT2D eigenvalue weighted by Crippen LogP contribution is 2.29. The van der Waals surface area contributed by atoms with Crippen LogP contribution in [0.25, 0.3) is 5.69 Å². The fourth-order valence-electron chi connectivity index (χ4n) is 3.57. The molecule has 6 nitrogen and oxygen atoms in total. The Hall–Kier alpha value is -3.29. The van der Waals surface area contributed by atoms with Crippen LogP contribution in [0.15, 0.2) is 71.9 Å². The van der Waals surface area contributed by atoms with E-state index in [9.17, 15) is 4.79 Å². The zero-order chi connectivity index (χ0) is 24.1. The lowest BCUT2D eigenvalue weighted by atomic mass is 10.1. The predicted octanol–water partition coefficient (Wildman–Crippen LogP) is 5.77. The van der Waals surface area contributed by atoms with Gasteiger partial charge in [0.1, 0.15) is 5.75 Å². The van der Waals surface area contributed by atoms with Gasteiger partial charge in [-0.3, -0.25) is 9.36 Å². The number of aromatic nitrogens is 3. The molecule has 0 atom stereocenters. The van der Waals surface area contributed by atoms with E-state index < -0.39 is 0 Å². The first kappa shape index (κ1) is 23.9. The van der Waals surface area contributed by atoms with Gasteiger partial charge in [-0.25, -0.2) is 0 Å². The maximum absolute atomic E-state index is 12.8. The Morgan fingerprint density at radius 3 is 2.65 bits per heavy atom. The smallest absolute Gasteiger partial charge is 0.251 e. The Kier molecular flexibility index (Phi) is 7.55. The number of hydrogen-bond donors (Lipinski definition) is 1. The van der Waals surface area contributed by atoms with E-state index in [1.807, 2.05) is 85.1 Å². The number of hydrogen-bond acceptors (Lipinski definition) is 5. The zero-order valence-electron chi connectivity index (χ0n) is 19.2. The number of nitrogens with zero attached hydrogens (tertiary/aromatic N) is 3. The second-order valence-electron chi connectivity index (χ2n) is 7.80. The normalized spacial score (nSPS) is 10.8. The van der Waals surface area contributed by atoms with Gasteiger partial charge in [-0.15, -0.1) is 10.2 Å². The summed E-state index contributed by atoms with van der Waals surface area (Å²) >= 11 is 7.89. The third-order valence-corrected chi connectivity index (χ3v) is 6.65. The quantitative estimate of drug-likeness (QED) is 0.316. The number of methoxy groups -OCH3 is 1. The Morgan fingerprint density at radius 1 is 1.03 bits per heavy atom. The van der Waals surface area contributed by atoms with Gasteiger partial charge in [0, 0.05) is 16.3 Å². The molecule has 0 aliphatic rings. The van der Waals surface area contributed by atoms with Crippen molar-refractivity contribution in [1.29, 1.82) is 0 Å². The van der Waals surface area contributed by atoms with E-state index in [0.29, 0.717) is 27.3 Å². The molecule has 4 rings (SSSR count). The summed E-state index contributed by atoms with van der Waals surface area (Å²) in [6, 6.07) is 21.1. The van der Waals surface area contributed by atoms with Gasteiger partial charge in [-0.05, 0) is 60.9 Å². The Bertz CT molecular complexity index is 1320. The molecule has 0 aliphatic carbocycles. The molecule has 0 unspecified atom stereocenters. The lowest BCUT2D eigenvalue weighted by Gasteiger charge is -2.14. The van der Waals surface area contributed by atoms with Gasteiger partial charge in [0.05, 0.1) is 19.3 Å². The summed E-state index contributed by atoms with van der Waals surface area (Å²) in [7, 11) is 1.66. The van der Waals surface area contributed by atoms with Crippen LogP contribution in [-0.4, -0.2) is 27.8 Å². The molecule has 34 heavy (non-hydrogen) atoms. The number of ether oxygens (including phenoxy) is 1. The molecule has 0 aliphatic heterocycles. The molecule has 0 saturated carbocycles. The first-order valence-electron chi connectivity index (χ1n) is 10.8. The number of thioether (sulfide) groups is 1. The largest absolute Gasteiger partial charge is 0.497 e. The highest BCUT2D eigenvalue weighted by atomic mass is 35.5. The molecule has 3 aromatic carbocycles. The average molecular weight is 493 g/mol. The number of aryl methyl sites for hydroxylation is 2. The molecule has 0 radical (unpaired) electrons. The van der Waals surface area contributed by atoms with Crippen molar-refractivity contribution < 1.29 is 9.53 Å². The number of carbonyl (C=O) groups is 1. The molecule has 174 valence electrons. The molecule has 0 spiro atoms. The van der Waals surface area contributed by atoms with Gasteiger partial charge in [-0.2, -0.15) is 0 Å². The molecule has 0 bridgehead atoms. The minimum Gasteiger partial charge on any atom is -0.497 e. The van der Waals surface area contributed by atoms with Crippen LogP contribution in [0.2, 0.25) is 5.02 Å². The molecular formula is C26H25ClN4O2S. The summed E-state index contributed by atoms with van der Waals surface area (Å²) in [6.45, 7) is 4.16. The van der Waals surface area contributed by atoms with Crippen molar-refractivity contribution in [2.24, 2.45) is 0 Å². The lowest BCUT2D eigenvalue weighted by molar-refractivity contribution is 0.0949. The van der Waals surface area contributed by atoms with Crippen molar-refractivity contribution in [3.63, 3.8) is 0 Å². The van der Waals surface area contributed by atoms with E-state index in [1.54, 1.807) is 18.9 Å². The number of nitrogens with one attached hydrogen (secondary N) is 1. The molecule has 0 saturated heterocycles. The molecule has 0 fully saturated rings. The van der Waals surface area contributed by atoms with Crippen LogP contribution in [0.1, 0.15) is 32.9 Å². The number of carbonyl (C=O) groups excluding carboxylic acids is 1. The fraction of sp³-hybridized carbons (Fsp3) is 0.192. The van der Waals surface area contributed by atoms with Crippen LogP contribution >= 0.6 is 23.4 Å². The van der Waals surface area contributed by atoms with Crippen molar-refractivity contribution in [2.75, 3.05) is 7.11 Å². The minimum absolute atomic E-state index is 0.152. The lowest BCUT2D eigenvalue weighted by Crippen LogP contribution is -2.25. The number of halogens is 1. The average Bonchev–Trinajstić information content (AvgIpc) is 3.25. The van der Waals surface area contributed by atoms with E-state index in [-0.39, 0.29) is 12.5 Å². The zero-order valence-corrected chi connectivity index (χ0v) is 20.8. The van der Waals surface area contributed by atoms with Crippen LogP contribution in [0.5, 0.6) is 5.75 Å². The van der Waals surface area contributed by atoms with Gasteiger partial charge < -0.3 is 10.1 Å². The summed E-state index contributed by atoms with van der Waals surface area (Å²) in [4.78, 5) is 12.8. The fourth-order valence-corrected chi connectivity index (χ4v) is 4.64. The van der Waals surface area contributed by atoms with Gasteiger partial charge in [0.2, 0.25) is 0 Å². The van der Waals surface area contributed by atoms with E-state index in [2.05, 4.69) is 15.5 Å². The first-order chi connectivity index (χ1) is 16.5. The van der Waals surface area contributed by atoms with Crippen LogP contribution < -0.4 is 10.1 Å². The van der Waals surface area contributed by atoms with E-state index >= 15 is 0 Å². The number of benzene rings is 3. The second-order valence-corrected chi connectivity index (χ2v) is 9.18. The highest BCUT2D eigenvalue weighted by molar-refractivity contribution is 7.98. The van der Waals surface area contributed by atoms with Crippen LogP contribution in [-0.2, 0) is 12.3 Å². The summed E-state index contributed by atoms with van der Waals surface area (Å²) < 4.78 is 7.30. The van der Waals surface area contributed by atoms with Crippen molar-refractivity contribution in [3.8, 4) is 11.4 Å². The first-order valence-corrected chi connectivity index (χ1v) is 12.1. The SMILES string of the molecule is COc1cccc(CSc2nnc(CNC(=O)c3ccccc3C)n2-c2cc(Cl)ccc2C)c1. The third-order valence-electron chi connectivity index (χ3n) is 5.41. The Balaban J connectivity index is 1.62. The van der Waals surface area contributed by atoms with Crippen molar-refractivity contribution >= 4 is 29.3 Å². The van der Waals surface area contributed by atoms with Gasteiger partial charge in [0.25, 0.3) is 5.91 Å². The highest BCUT2D eigenvalue weighted by Gasteiger charge is 2.18. The van der Waals surface area contributed by atoms with Gasteiger partial charge in [-0.1, -0.05) is 59.8 Å². The van der Waals surface area contributed by atoms with Crippen LogP contribution in [0.4, 0.5) is 0 Å². The Morgan fingerprint density at radius 2 is 1.85 bits per heavy atom. The molecule has 1 amide bonds. The summed E-state index contributed by atoms with van der Waals surface area (Å²) in [6.07, 6.45) is 0. The number of amides is 1. The van der Waals surface area contributed by atoms with E-state index in [1.165, 1.54) is 0 Å². The third kappa shape index (κ3) is 5.43. The molecule has 1 aromatic heterocycles. The van der Waals surface area contributed by atoms with Gasteiger partial charge >= 0.3 is 0 Å². The molecule has 4 aromatic rings. The van der Waals surface area contributed by atoms with Gasteiger partial charge in [0.15, 0.2) is 11.0 Å².